The second-order valence-electron chi connectivity index (χ2n) is 3.15. The van der Waals surface area contributed by atoms with Crippen molar-refractivity contribution in [3.05, 3.63) is 18.0 Å². The van der Waals surface area contributed by atoms with Crippen LogP contribution in [0.25, 0.3) is 0 Å². The van der Waals surface area contributed by atoms with Crippen LogP contribution in [-0.4, -0.2) is 21.0 Å². The Hall–Kier alpha value is -0.830. The number of nitrogens with zero attached hydrogens (tertiary/aromatic N) is 2. The molecule has 1 aromatic rings. The molecule has 3 heteroatoms. The lowest BCUT2D eigenvalue weighted by molar-refractivity contribution is 0.111. The van der Waals surface area contributed by atoms with Gasteiger partial charge in [0.1, 0.15) is 0 Å². The number of hydrogen-bond donors (Lipinski definition) is 1. The van der Waals surface area contributed by atoms with E-state index in [1.165, 1.54) is 0 Å². The molecule has 0 bridgehead atoms. The fraction of sp³-hybridized carbons (Fsp3) is 0.667. The van der Waals surface area contributed by atoms with E-state index in [0.29, 0.717) is 0 Å². The summed E-state index contributed by atoms with van der Waals surface area (Å²) in [5.74, 6) is 0. The molecule has 12 heavy (non-hydrogen) atoms. The maximum absolute atomic E-state index is 9.53. The molecule has 0 radical (unpaired) electrons. The first-order valence-electron chi connectivity index (χ1n) is 4.35. The van der Waals surface area contributed by atoms with Crippen LogP contribution in [0.1, 0.15) is 32.0 Å². The lowest BCUT2D eigenvalue weighted by Crippen LogP contribution is -2.21. The molecule has 0 fully saturated rings. The quantitative estimate of drug-likeness (QED) is 0.743. The van der Waals surface area contributed by atoms with E-state index >= 15 is 0 Å². The molecule has 0 amide bonds. The molecule has 0 saturated heterocycles. The van der Waals surface area contributed by atoms with Gasteiger partial charge in [-0.2, -0.15) is 5.10 Å². The highest BCUT2D eigenvalue weighted by molar-refractivity contribution is 4.96. The van der Waals surface area contributed by atoms with Gasteiger partial charge in [0.15, 0.2) is 0 Å². The highest BCUT2D eigenvalue weighted by atomic mass is 16.3. The van der Waals surface area contributed by atoms with E-state index in [4.69, 9.17) is 0 Å². The van der Waals surface area contributed by atoms with Crippen molar-refractivity contribution in [2.75, 3.05) is 0 Å². The van der Waals surface area contributed by atoms with Crippen molar-refractivity contribution < 1.29 is 5.11 Å². The number of aromatic nitrogens is 2. The second kappa shape index (κ2) is 3.72. The highest BCUT2D eigenvalue weighted by Gasteiger charge is 2.13. The normalized spacial score (nSPS) is 16.0. The van der Waals surface area contributed by atoms with Gasteiger partial charge in [0.25, 0.3) is 0 Å². The molecule has 0 aromatic carbocycles. The summed E-state index contributed by atoms with van der Waals surface area (Å²) in [7, 11) is 0. The Morgan fingerprint density at radius 1 is 1.67 bits per heavy atom. The molecule has 1 N–H and O–H groups in total. The van der Waals surface area contributed by atoms with Gasteiger partial charge in [-0.05, 0) is 26.3 Å². The molecular formula is C9H16N2O. The maximum atomic E-state index is 9.53. The van der Waals surface area contributed by atoms with Gasteiger partial charge >= 0.3 is 0 Å². The van der Waals surface area contributed by atoms with Gasteiger partial charge in [-0.3, -0.25) is 4.68 Å². The van der Waals surface area contributed by atoms with Crippen LogP contribution >= 0.6 is 0 Å². The number of aliphatic hydroxyl groups is 1. The number of rotatable bonds is 3. The molecule has 2 unspecified atom stereocenters. The molecule has 68 valence electrons. The van der Waals surface area contributed by atoms with E-state index in [0.717, 1.165) is 12.1 Å². The van der Waals surface area contributed by atoms with Crippen molar-refractivity contribution in [2.24, 2.45) is 0 Å². The fourth-order valence-corrected chi connectivity index (χ4v) is 1.18. The van der Waals surface area contributed by atoms with Gasteiger partial charge in [0.2, 0.25) is 0 Å². The van der Waals surface area contributed by atoms with E-state index < -0.39 is 0 Å². The SMILES string of the molecule is CCC(O)C(C)n1ccc(C)n1. The minimum Gasteiger partial charge on any atom is -0.391 e. The van der Waals surface area contributed by atoms with Gasteiger partial charge in [-0.25, -0.2) is 0 Å². The van der Waals surface area contributed by atoms with E-state index in [2.05, 4.69) is 5.10 Å². The molecule has 0 aliphatic heterocycles. The summed E-state index contributed by atoms with van der Waals surface area (Å²) in [6.07, 6.45) is 2.36. The molecule has 1 heterocycles. The average Bonchev–Trinajstić information content (AvgIpc) is 2.49. The summed E-state index contributed by atoms with van der Waals surface area (Å²) in [4.78, 5) is 0. The average molecular weight is 168 g/mol. The van der Waals surface area contributed by atoms with Crippen molar-refractivity contribution in [1.82, 2.24) is 9.78 Å². The fourth-order valence-electron chi connectivity index (χ4n) is 1.18. The van der Waals surface area contributed by atoms with Crippen molar-refractivity contribution in [3.63, 3.8) is 0 Å². The summed E-state index contributed by atoms with van der Waals surface area (Å²) in [5, 5.41) is 13.8. The molecule has 1 aromatic heterocycles. The Bertz CT molecular complexity index is 244. The van der Waals surface area contributed by atoms with Crippen molar-refractivity contribution in [2.45, 2.75) is 39.3 Å². The maximum Gasteiger partial charge on any atom is 0.0758 e. The van der Waals surface area contributed by atoms with Gasteiger partial charge < -0.3 is 5.11 Å². The predicted molar refractivity (Wildman–Crippen MR) is 48.0 cm³/mol. The molecule has 2 atom stereocenters. The van der Waals surface area contributed by atoms with E-state index in [1.807, 2.05) is 37.7 Å². The van der Waals surface area contributed by atoms with Crippen LogP contribution in [-0.2, 0) is 0 Å². The van der Waals surface area contributed by atoms with Gasteiger partial charge in [-0.15, -0.1) is 0 Å². The van der Waals surface area contributed by atoms with Crippen LogP contribution in [0.4, 0.5) is 0 Å². The number of aryl methyl sites for hydroxylation is 1. The molecule has 0 aliphatic rings. The minimum atomic E-state index is -0.302. The minimum absolute atomic E-state index is 0.0729. The zero-order valence-corrected chi connectivity index (χ0v) is 7.86. The Kier molecular flexibility index (Phi) is 2.87. The summed E-state index contributed by atoms with van der Waals surface area (Å²) in [6.45, 7) is 5.89. The first-order chi connectivity index (χ1) is 5.65. The van der Waals surface area contributed by atoms with Crippen molar-refractivity contribution in [3.8, 4) is 0 Å². The summed E-state index contributed by atoms with van der Waals surface area (Å²) in [6, 6.07) is 2.02. The third-order valence-corrected chi connectivity index (χ3v) is 2.13. The molecule has 0 spiro atoms. The predicted octanol–water partition coefficient (Wildman–Crippen LogP) is 1.52. The molecule has 0 saturated carbocycles. The van der Waals surface area contributed by atoms with Crippen molar-refractivity contribution >= 4 is 0 Å². The standard InChI is InChI=1S/C9H16N2O/c1-4-9(12)8(3)11-6-5-7(2)10-11/h5-6,8-9,12H,4H2,1-3H3. The Labute approximate surface area is 73.0 Å². The first kappa shape index (κ1) is 9.26. The zero-order chi connectivity index (χ0) is 9.14. The van der Waals surface area contributed by atoms with Crippen LogP contribution in [0.5, 0.6) is 0 Å². The van der Waals surface area contributed by atoms with Crippen LogP contribution in [0.3, 0.4) is 0 Å². The smallest absolute Gasteiger partial charge is 0.0758 e. The van der Waals surface area contributed by atoms with Crippen LogP contribution < -0.4 is 0 Å². The van der Waals surface area contributed by atoms with Crippen molar-refractivity contribution in [1.29, 1.82) is 0 Å². The summed E-state index contributed by atoms with van der Waals surface area (Å²) >= 11 is 0. The third kappa shape index (κ3) is 1.85. The summed E-state index contributed by atoms with van der Waals surface area (Å²) < 4.78 is 1.81. The zero-order valence-electron chi connectivity index (χ0n) is 7.86. The topological polar surface area (TPSA) is 38.0 Å². The van der Waals surface area contributed by atoms with E-state index in [-0.39, 0.29) is 12.1 Å². The van der Waals surface area contributed by atoms with Crippen LogP contribution in [0, 0.1) is 6.92 Å². The Morgan fingerprint density at radius 2 is 2.33 bits per heavy atom. The largest absolute Gasteiger partial charge is 0.391 e. The van der Waals surface area contributed by atoms with E-state index in [1.54, 1.807) is 0 Å². The molecule has 0 aliphatic carbocycles. The number of hydrogen-bond acceptors (Lipinski definition) is 2. The van der Waals surface area contributed by atoms with Crippen LogP contribution in [0.15, 0.2) is 12.3 Å². The molecule has 1 rings (SSSR count). The van der Waals surface area contributed by atoms with Gasteiger partial charge in [-0.1, -0.05) is 6.92 Å². The van der Waals surface area contributed by atoms with Crippen LogP contribution in [0.2, 0.25) is 0 Å². The Balaban J connectivity index is 2.70. The second-order valence-corrected chi connectivity index (χ2v) is 3.15. The number of aliphatic hydroxyl groups excluding tert-OH is 1. The molecule has 3 nitrogen and oxygen atoms in total. The summed E-state index contributed by atoms with van der Waals surface area (Å²) in [5.41, 5.74) is 0.991. The third-order valence-electron chi connectivity index (χ3n) is 2.13. The highest BCUT2D eigenvalue weighted by Crippen LogP contribution is 2.12. The van der Waals surface area contributed by atoms with E-state index in [9.17, 15) is 5.11 Å². The van der Waals surface area contributed by atoms with Gasteiger partial charge in [0, 0.05) is 6.20 Å². The molecular weight excluding hydrogens is 152 g/mol. The Morgan fingerprint density at radius 3 is 2.75 bits per heavy atom. The lowest BCUT2D eigenvalue weighted by atomic mass is 10.1. The van der Waals surface area contributed by atoms with Gasteiger partial charge in [0.05, 0.1) is 17.8 Å². The monoisotopic (exact) mass is 168 g/mol. The first-order valence-corrected chi connectivity index (χ1v) is 4.35. The lowest BCUT2D eigenvalue weighted by Gasteiger charge is -2.17.